The number of anilines is 1. The number of nitrogens with zero attached hydrogens (tertiary/aromatic N) is 1. The number of rotatable bonds is 6. The van der Waals surface area contributed by atoms with Gasteiger partial charge in [-0.1, -0.05) is 26.0 Å². The van der Waals surface area contributed by atoms with Crippen LogP contribution in [0.25, 0.3) is 0 Å². The lowest BCUT2D eigenvalue weighted by atomic mass is 10.1. The van der Waals surface area contributed by atoms with E-state index in [2.05, 4.69) is 18.7 Å². The fraction of sp³-hybridized carbons (Fsp3) is 0.538. The summed E-state index contributed by atoms with van der Waals surface area (Å²) in [4.78, 5) is 2.09. The van der Waals surface area contributed by atoms with E-state index in [0.29, 0.717) is 11.6 Å². The fourth-order valence-corrected chi connectivity index (χ4v) is 2.11. The molecule has 1 rings (SSSR count). The molecule has 0 heterocycles. The van der Waals surface area contributed by atoms with Crippen LogP contribution < -0.4 is 4.90 Å². The second-order valence-electron chi connectivity index (χ2n) is 3.87. The zero-order valence-corrected chi connectivity index (χ0v) is 10.7. The molecule has 0 spiro atoms. The van der Waals surface area contributed by atoms with Crippen LogP contribution in [-0.4, -0.2) is 13.1 Å². The van der Waals surface area contributed by atoms with E-state index < -0.39 is 0 Å². The highest BCUT2D eigenvalue weighted by Crippen LogP contribution is 2.26. The van der Waals surface area contributed by atoms with Crippen molar-refractivity contribution in [1.82, 2.24) is 0 Å². The lowest BCUT2D eigenvalue weighted by molar-refractivity contribution is 0.611. The Hall–Kier alpha value is -0.760. The molecule has 90 valence electrons. The van der Waals surface area contributed by atoms with Crippen LogP contribution in [0.1, 0.15) is 32.3 Å². The van der Waals surface area contributed by atoms with Gasteiger partial charge in [0.05, 0.1) is 5.69 Å². The van der Waals surface area contributed by atoms with Crippen molar-refractivity contribution in [3.8, 4) is 0 Å². The van der Waals surface area contributed by atoms with Crippen molar-refractivity contribution in [3.05, 3.63) is 29.6 Å². The SMILES string of the molecule is CCCN(CCC)c1c(F)cccc1CCl. The van der Waals surface area contributed by atoms with E-state index in [4.69, 9.17) is 11.6 Å². The first-order valence-corrected chi connectivity index (χ1v) is 6.36. The normalized spacial score (nSPS) is 10.5. The summed E-state index contributed by atoms with van der Waals surface area (Å²) in [6.07, 6.45) is 2.02. The standard InChI is InChI=1S/C13H19ClFN/c1-3-8-16(9-4-2)13-11(10-14)6-5-7-12(13)15/h5-7H,3-4,8-10H2,1-2H3. The van der Waals surface area contributed by atoms with Crippen LogP contribution in [0.5, 0.6) is 0 Å². The molecule has 0 bridgehead atoms. The van der Waals surface area contributed by atoms with Gasteiger partial charge in [0, 0.05) is 19.0 Å². The molecule has 0 saturated carbocycles. The van der Waals surface area contributed by atoms with Gasteiger partial charge in [0.1, 0.15) is 5.82 Å². The molecule has 16 heavy (non-hydrogen) atoms. The smallest absolute Gasteiger partial charge is 0.146 e. The lowest BCUT2D eigenvalue weighted by Gasteiger charge is -2.26. The molecule has 0 aliphatic rings. The van der Waals surface area contributed by atoms with Gasteiger partial charge < -0.3 is 4.90 Å². The molecule has 3 heteroatoms. The summed E-state index contributed by atoms with van der Waals surface area (Å²) in [6, 6.07) is 5.11. The minimum absolute atomic E-state index is 0.167. The summed E-state index contributed by atoms with van der Waals surface area (Å²) in [5.74, 6) is 0.192. The monoisotopic (exact) mass is 243 g/mol. The van der Waals surface area contributed by atoms with Crippen molar-refractivity contribution >= 4 is 17.3 Å². The Morgan fingerprint density at radius 3 is 2.31 bits per heavy atom. The van der Waals surface area contributed by atoms with E-state index in [1.54, 1.807) is 6.07 Å². The van der Waals surface area contributed by atoms with Crippen LogP contribution in [0.3, 0.4) is 0 Å². The van der Waals surface area contributed by atoms with Crippen molar-refractivity contribution in [2.24, 2.45) is 0 Å². The van der Waals surface area contributed by atoms with E-state index in [9.17, 15) is 4.39 Å². The first-order chi connectivity index (χ1) is 7.74. The van der Waals surface area contributed by atoms with Gasteiger partial charge in [-0.15, -0.1) is 11.6 Å². The van der Waals surface area contributed by atoms with Gasteiger partial charge in [0.25, 0.3) is 0 Å². The first-order valence-electron chi connectivity index (χ1n) is 5.82. The highest BCUT2D eigenvalue weighted by atomic mass is 35.5. The number of halogens is 2. The average molecular weight is 244 g/mol. The van der Waals surface area contributed by atoms with E-state index in [1.165, 1.54) is 6.07 Å². The van der Waals surface area contributed by atoms with Gasteiger partial charge in [-0.05, 0) is 24.5 Å². The van der Waals surface area contributed by atoms with Crippen molar-refractivity contribution in [1.29, 1.82) is 0 Å². The third-order valence-corrected chi connectivity index (χ3v) is 2.81. The van der Waals surface area contributed by atoms with Gasteiger partial charge in [-0.3, -0.25) is 0 Å². The third kappa shape index (κ3) is 3.11. The Bertz CT molecular complexity index is 322. The largest absolute Gasteiger partial charge is 0.369 e. The number of alkyl halides is 1. The molecule has 0 aliphatic carbocycles. The molecule has 1 nitrogen and oxygen atoms in total. The maximum absolute atomic E-state index is 13.8. The molecule has 0 fully saturated rings. The number of hydrogen-bond donors (Lipinski definition) is 0. The maximum Gasteiger partial charge on any atom is 0.146 e. The number of hydrogen-bond acceptors (Lipinski definition) is 1. The highest BCUT2D eigenvalue weighted by Gasteiger charge is 2.14. The van der Waals surface area contributed by atoms with Crippen molar-refractivity contribution < 1.29 is 4.39 Å². The Balaban J connectivity index is 3.05. The van der Waals surface area contributed by atoms with Gasteiger partial charge in [-0.25, -0.2) is 4.39 Å². The fourth-order valence-electron chi connectivity index (χ4n) is 1.90. The van der Waals surface area contributed by atoms with E-state index in [1.807, 2.05) is 6.07 Å². The molecule has 0 amide bonds. The second kappa shape index (κ2) is 6.74. The molecule has 0 aromatic heterocycles. The van der Waals surface area contributed by atoms with Gasteiger partial charge in [0.2, 0.25) is 0 Å². The zero-order chi connectivity index (χ0) is 12.0. The highest BCUT2D eigenvalue weighted by molar-refractivity contribution is 6.17. The van der Waals surface area contributed by atoms with E-state index in [-0.39, 0.29) is 5.82 Å². The molecule has 0 N–H and O–H groups in total. The summed E-state index contributed by atoms with van der Waals surface area (Å²) in [6.45, 7) is 5.95. The molecule has 0 saturated heterocycles. The third-order valence-electron chi connectivity index (χ3n) is 2.52. The summed E-state index contributed by atoms with van der Waals surface area (Å²) in [5, 5.41) is 0. The van der Waals surface area contributed by atoms with Crippen LogP contribution in [0.4, 0.5) is 10.1 Å². The summed E-state index contributed by atoms with van der Waals surface area (Å²) in [7, 11) is 0. The average Bonchev–Trinajstić information content (AvgIpc) is 2.28. The van der Waals surface area contributed by atoms with E-state index >= 15 is 0 Å². The Morgan fingerprint density at radius 1 is 1.19 bits per heavy atom. The number of benzene rings is 1. The molecule has 1 aromatic carbocycles. The molecule has 1 aromatic rings. The minimum atomic E-state index is -0.167. The minimum Gasteiger partial charge on any atom is -0.369 e. The van der Waals surface area contributed by atoms with Gasteiger partial charge in [0.15, 0.2) is 0 Å². The van der Waals surface area contributed by atoms with Crippen LogP contribution in [0.2, 0.25) is 0 Å². The van der Waals surface area contributed by atoms with Crippen LogP contribution in [0, 0.1) is 5.82 Å². The molecule has 0 unspecified atom stereocenters. The predicted molar refractivity (Wildman–Crippen MR) is 68.8 cm³/mol. The molecule has 0 radical (unpaired) electrons. The molecule has 0 atom stereocenters. The topological polar surface area (TPSA) is 3.24 Å². The molecular weight excluding hydrogens is 225 g/mol. The Kier molecular flexibility index (Phi) is 5.61. The van der Waals surface area contributed by atoms with Crippen molar-refractivity contribution in [2.75, 3.05) is 18.0 Å². The van der Waals surface area contributed by atoms with Crippen LogP contribution in [0.15, 0.2) is 18.2 Å². The molecular formula is C13H19ClFN. The van der Waals surface area contributed by atoms with Crippen molar-refractivity contribution in [3.63, 3.8) is 0 Å². The maximum atomic E-state index is 13.8. The van der Waals surface area contributed by atoms with E-state index in [0.717, 1.165) is 31.5 Å². The number of para-hydroxylation sites is 1. The predicted octanol–water partition coefficient (Wildman–Crippen LogP) is 4.19. The Labute approximate surface area is 102 Å². The van der Waals surface area contributed by atoms with Gasteiger partial charge >= 0.3 is 0 Å². The molecule has 0 aliphatic heterocycles. The lowest BCUT2D eigenvalue weighted by Crippen LogP contribution is -2.26. The zero-order valence-electron chi connectivity index (χ0n) is 9.97. The Morgan fingerprint density at radius 2 is 1.81 bits per heavy atom. The van der Waals surface area contributed by atoms with Crippen LogP contribution >= 0.6 is 11.6 Å². The van der Waals surface area contributed by atoms with Crippen LogP contribution in [-0.2, 0) is 5.88 Å². The quantitative estimate of drug-likeness (QED) is 0.677. The first kappa shape index (κ1) is 13.3. The second-order valence-corrected chi connectivity index (χ2v) is 4.14. The summed E-state index contributed by atoms with van der Waals surface area (Å²) in [5.41, 5.74) is 1.56. The summed E-state index contributed by atoms with van der Waals surface area (Å²) < 4.78 is 13.8. The van der Waals surface area contributed by atoms with Gasteiger partial charge in [-0.2, -0.15) is 0 Å². The van der Waals surface area contributed by atoms with Crippen molar-refractivity contribution in [2.45, 2.75) is 32.6 Å². The summed E-state index contributed by atoms with van der Waals surface area (Å²) >= 11 is 5.86.